The normalized spacial score (nSPS) is 18.9. The molecule has 0 aliphatic carbocycles. The van der Waals surface area contributed by atoms with E-state index >= 15 is 0 Å². The Morgan fingerprint density at radius 2 is 2.14 bits per heavy atom. The molecule has 4 nitrogen and oxygen atoms in total. The van der Waals surface area contributed by atoms with E-state index in [-0.39, 0.29) is 0 Å². The maximum absolute atomic E-state index is 10.8. The quantitative estimate of drug-likeness (QED) is 0.544. The zero-order valence-electron chi connectivity index (χ0n) is 13.7. The second-order valence-corrected chi connectivity index (χ2v) is 5.84. The topological polar surface area (TPSA) is 38.8 Å². The third kappa shape index (κ3) is 4.73. The first kappa shape index (κ1) is 16.8. The molecule has 0 N–H and O–H groups in total. The van der Waals surface area contributed by atoms with Crippen LogP contribution in [-0.4, -0.2) is 43.5 Å². The minimum absolute atomic E-state index is 0.559. The van der Waals surface area contributed by atoms with Gasteiger partial charge < -0.3 is 14.4 Å². The van der Waals surface area contributed by atoms with E-state index in [1.54, 1.807) is 12.1 Å². The van der Waals surface area contributed by atoms with E-state index in [4.69, 9.17) is 9.47 Å². The highest BCUT2D eigenvalue weighted by Gasteiger charge is 2.17. The van der Waals surface area contributed by atoms with Crippen molar-refractivity contribution in [3.05, 3.63) is 23.8 Å². The summed E-state index contributed by atoms with van der Waals surface area (Å²) in [6.45, 7) is 7.76. The minimum Gasteiger partial charge on any atom is -0.490 e. The van der Waals surface area contributed by atoms with Gasteiger partial charge in [0.2, 0.25) is 0 Å². The molecule has 22 heavy (non-hydrogen) atoms. The Hall–Kier alpha value is -1.55. The van der Waals surface area contributed by atoms with Crippen molar-refractivity contribution in [2.24, 2.45) is 0 Å². The molecule has 122 valence electrons. The fraction of sp³-hybridized carbons (Fsp3) is 0.611. The Balaban J connectivity index is 1.81. The highest BCUT2D eigenvalue weighted by atomic mass is 16.5. The van der Waals surface area contributed by atoms with Gasteiger partial charge in [0.05, 0.1) is 13.2 Å². The van der Waals surface area contributed by atoms with Gasteiger partial charge in [-0.2, -0.15) is 0 Å². The predicted molar refractivity (Wildman–Crippen MR) is 88.0 cm³/mol. The number of nitrogens with zero attached hydrogens (tertiary/aromatic N) is 1. The van der Waals surface area contributed by atoms with Gasteiger partial charge in [-0.25, -0.2) is 0 Å². The summed E-state index contributed by atoms with van der Waals surface area (Å²) in [5.74, 6) is 1.37. The molecule has 0 aromatic heterocycles. The summed E-state index contributed by atoms with van der Waals surface area (Å²) in [5, 5.41) is 0. The van der Waals surface area contributed by atoms with Crippen LogP contribution in [0.3, 0.4) is 0 Å². The first-order chi connectivity index (χ1) is 10.7. The Morgan fingerprint density at radius 3 is 2.86 bits per heavy atom. The SMILES string of the molecule is CCOc1cc(C=O)ccc1OCCCN1CCCCC1C. The molecule has 0 saturated carbocycles. The van der Waals surface area contributed by atoms with Crippen molar-refractivity contribution >= 4 is 6.29 Å². The van der Waals surface area contributed by atoms with Gasteiger partial charge in [0.15, 0.2) is 11.5 Å². The van der Waals surface area contributed by atoms with Crippen molar-refractivity contribution < 1.29 is 14.3 Å². The van der Waals surface area contributed by atoms with Crippen LogP contribution in [0.25, 0.3) is 0 Å². The van der Waals surface area contributed by atoms with Gasteiger partial charge in [-0.1, -0.05) is 6.42 Å². The summed E-state index contributed by atoms with van der Waals surface area (Å²) in [6, 6.07) is 6.01. The van der Waals surface area contributed by atoms with E-state index in [1.807, 2.05) is 13.0 Å². The van der Waals surface area contributed by atoms with Crippen molar-refractivity contribution in [3.8, 4) is 11.5 Å². The smallest absolute Gasteiger partial charge is 0.161 e. The average molecular weight is 305 g/mol. The Labute approximate surface area is 133 Å². The minimum atomic E-state index is 0.559. The largest absolute Gasteiger partial charge is 0.490 e. The first-order valence-corrected chi connectivity index (χ1v) is 8.33. The lowest BCUT2D eigenvalue weighted by Gasteiger charge is -2.33. The van der Waals surface area contributed by atoms with Gasteiger partial charge >= 0.3 is 0 Å². The highest BCUT2D eigenvalue weighted by Crippen LogP contribution is 2.28. The third-order valence-electron chi connectivity index (χ3n) is 4.19. The molecule has 1 aromatic rings. The van der Waals surface area contributed by atoms with Crippen LogP contribution in [0.1, 0.15) is 49.9 Å². The second kappa shape index (κ2) is 8.79. The van der Waals surface area contributed by atoms with E-state index in [2.05, 4.69) is 11.8 Å². The molecule has 1 saturated heterocycles. The molecule has 1 unspecified atom stereocenters. The standard InChI is InChI=1S/C18H27NO3/c1-3-21-18-13-16(14-20)8-9-17(18)22-12-6-11-19-10-5-4-7-15(19)2/h8-9,13-15H,3-7,10-12H2,1-2H3. The lowest BCUT2D eigenvalue weighted by molar-refractivity contribution is 0.112. The molecule has 1 aliphatic heterocycles. The molecule has 1 aliphatic rings. The van der Waals surface area contributed by atoms with Crippen LogP contribution in [0, 0.1) is 0 Å². The van der Waals surface area contributed by atoms with E-state index in [9.17, 15) is 4.79 Å². The number of carbonyl (C=O) groups is 1. The van der Waals surface area contributed by atoms with Crippen LogP contribution in [-0.2, 0) is 0 Å². The number of hydrogen-bond donors (Lipinski definition) is 0. The average Bonchev–Trinajstić information content (AvgIpc) is 2.54. The summed E-state index contributed by atoms with van der Waals surface area (Å²) in [6.07, 6.45) is 5.81. The summed E-state index contributed by atoms with van der Waals surface area (Å²) < 4.78 is 11.4. The number of ether oxygens (including phenoxy) is 2. The van der Waals surface area contributed by atoms with Gasteiger partial charge in [-0.3, -0.25) is 4.79 Å². The maximum Gasteiger partial charge on any atom is 0.161 e. The molecule has 1 fully saturated rings. The van der Waals surface area contributed by atoms with Gasteiger partial charge in [0.1, 0.15) is 6.29 Å². The zero-order valence-corrected chi connectivity index (χ0v) is 13.7. The van der Waals surface area contributed by atoms with E-state index in [0.29, 0.717) is 30.6 Å². The molecule has 1 heterocycles. The third-order valence-corrected chi connectivity index (χ3v) is 4.19. The van der Waals surface area contributed by atoms with Crippen LogP contribution >= 0.6 is 0 Å². The fourth-order valence-corrected chi connectivity index (χ4v) is 2.93. The van der Waals surface area contributed by atoms with Crippen molar-refractivity contribution in [3.63, 3.8) is 0 Å². The van der Waals surface area contributed by atoms with Gasteiger partial charge in [0.25, 0.3) is 0 Å². The number of hydrogen-bond acceptors (Lipinski definition) is 4. The number of likely N-dealkylation sites (tertiary alicyclic amines) is 1. The number of aldehydes is 1. The maximum atomic E-state index is 10.8. The molecule has 0 radical (unpaired) electrons. The van der Waals surface area contributed by atoms with Crippen molar-refractivity contribution in [1.82, 2.24) is 4.90 Å². The Kier molecular flexibility index (Phi) is 6.72. The number of carbonyl (C=O) groups excluding carboxylic acids is 1. The molecule has 4 heteroatoms. The first-order valence-electron chi connectivity index (χ1n) is 8.33. The summed E-state index contributed by atoms with van der Waals surface area (Å²) in [5.41, 5.74) is 0.609. The van der Waals surface area contributed by atoms with Crippen LogP contribution in [0.4, 0.5) is 0 Å². The van der Waals surface area contributed by atoms with Crippen LogP contribution in [0.15, 0.2) is 18.2 Å². The molecule has 0 bridgehead atoms. The zero-order chi connectivity index (χ0) is 15.8. The molecular formula is C18H27NO3. The molecule has 1 aromatic carbocycles. The lowest BCUT2D eigenvalue weighted by atomic mass is 10.0. The van der Waals surface area contributed by atoms with Crippen LogP contribution in [0.5, 0.6) is 11.5 Å². The van der Waals surface area contributed by atoms with Gasteiger partial charge in [-0.15, -0.1) is 0 Å². The molecular weight excluding hydrogens is 278 g/mol. The highest BCUT2D eigenvalue weighted by molar-refractivity contribution is 5.76. The summed E-state index contributed by atoms with van der Waals surface area (Å²) in [7, 11) is 0. The van der Waals surface area contributed by atoms with Crippen molar-refractivity contribution in [1.29, 1.82) is 0 Å². The molecule has 2 rings (SSSR count). The number of piperidine rings is 1. The Morgan fingerprint density at radius 1 is 1.27 bits per heavy atom. The van der Waals surface area contributed by atoms with Crippen molar-refractivity contribution in [2.75, 3.05) is 26.3 Å². The molecule has 1 atom stereocenters. The summed E-state index contributed by atoms with van der Waals surface area (Å²) in [4.78, 5) is 13.4. The number of rotatable bonds is 8. The lowest BCUT2D eigenvalue weighted by Crippen LogP contribution is -2.38. The van der Waals surface area contributed by atoms with Gasteiger partial charge in [-0.05, 0) is 57.9 Å². The number of benzene rings is 1. The van der Waals surface area contributed by atoms with E-state index in [1.165, 1.54) is 25.8 Å². The monoisotopic (exact) mass is 305 g/mol. The summed E-state index contributed by atoms with van der Waals surface area (Å²) >= 11 is 0. The van der Waals surface area contributed by atoms with Crippen LogP contribution in [0.2, 0.25) is 0 Å². The van der Waals surface area contributed by atoms with Crippen LogP contribution < -0.4 is 9.47 Å². The van der Waals surface area contributed by atoms with E-state index < -0.39 is 0 Å². The Bertz CT molecular complexity index is 475. The van der Waals surface area contributed by atoms with Crippen molar-refractivity contribution in [2.45, 2.75) is 45.6 Å². The molecule has 0 spiro atoms. The van der Waals surface area contributed by atoms with Gasteiger partial charge in [0, 0.05) is 18.2 Å². The van der Waals surface area contributed by atoms with E-state index in [0.717, 1.165) is 25.0 Å². The predicted octanol–water partition coefficient (Wildman–Crippen LogP) is 3.54. The molecule has 0 amide bonds. The fourth-order valence-electron chi connectivity index (χ4n) is 2.93. The second-order valence-electron chi connectivity index (χ2n) is 5.84.